The Morgan fingerprint density at radius 1 is 1.45 bits per heavy atom. The number of hydrogen-bond acceptors (Lipinski definition) is 5. The Balaban J connectivity index is 2.28. The van der Waals surface area contributed by atoms with Crippen molar-refractivity contribution in [2.24, 2.45) is 7.05 Å². The molecule has 0 spiro atoms. The minimum Gasteiger partial charge on any atom is -0.477 e. The molecule has 1 aromatic heterocycles. The molecule has 0 bridgehead atoms. The molecule has 20 heavy (non-hydrogen) atoms. The Hall–Kier alpha value is -2.53. The van der Waals surface area contributed by atoms with Gasteiger partial charge in [-0.05, 0) is 12.1 Å². The van der Waals surface area contributed by atoms with Crippen molar-refractivity contribution in [3.8, 4) is 11.8 Å². The molecular formula is C12H12N4O3S. The third-order valence-electron chi connectivity index (χ3n) is 2.42. The van der Waals surface area contributed by atoms with Crippen molar-refractivity contribution in [2.45, 2.75) is 4.90 Å². The first-order valence-electron chi connectivity index (χ1n) is 5.63. The summed E-state index contributed by atoms with van der Waals surface area (Å²) in [6.07, 6.45) is 2.64. The predicted octanol–water partition coefficient (Wildman–Crippen LogP) is 1.12. The molecule has 0 amide bonds. The fourth-order valence-electron chi connectivity index (χ4n) is 1.53. The van der Waals surface area contributed by atoms with Crippen LogP contribution in [0.5, 0.6) is 5.75 Å². The number of sulfonamides is 1. The number of aryl methyl sites for hydroxylation is 1. The molecule has 1 aromatic carbocycles. The molecule has 2 aromatic rings. The number of rotatable bonds is 5. The summed E-state index contributed by atoms with van der Waals surface area (Å²) in [5, 5.41) is 12.3. The number of ether oxygens (including phenoxy) is 1. The van der Waals surface area contributed by atoms with Crippen LogP contribution in [-0.4, -0.2) is 24.8 Å². The van der Waals surface area contributed by atoms with Gasteiger partial charge in [-0.25, -0.2) is 8.42 Å². The van der Waals surface area contributed by atoms with E-state index in [-0.39, 0.29) is 17.2 Å². The summed E-state index contributed by atoms with van der Waals surface area (Å²) < 4.78 is 33.3. The molecule has 0 fully saturated rings. The highest BCUT2D eigenvalue weighted by Gasteiger charge is 2.18. The highest BCUT2D eigenvalue weighted by Crippen LogP contribution is 2.26. The van der Waals surface area contributed by atoms with Crippen LogP contribution in [0.3, 0.4) is 0 Å². The van der Waals surface area contributed by atoms with Gasteiger partial charge < -0.3 is 4.74 Å². The zero-order valence-electron chi connectivity index (χ0n) is 10.6. The maximum Gasteiger partial charge on any atom is 0.265 e. The second-order valence-corrected chi connectivity index (χ2v) is 5.58. The van der Waals surface area contributed by atoms with Gasteiger partial charge in [-0.15, -0.1) is 0 Å². The first-order valence-corrected chi connectivity index (χ1v) is 7.11. The number of nitrogens with one attached hydrogen (secondary N) is 1. The van der Waals surface area contributed by atoms with E-state index in [2.05, 4.69) is 9.82 Å². The van der Waals surface area contributed by atoms with E-state index in [1.54, 1.807) is 31.3 Å². The summed E-state index contributed by atoms with van der Waals surface area (Å²) >= 11 is 0. The largest absolute Gasteiger partial charge is 0.477 e. The van der Waals surface area contributed by atoms with Crippen LogP contribution in [0.1, 0.15) is 0 Å². The molecule has 7 nitrogen and oxygen atoms in total. The average Bonchev–Trinajstić information content (AvgIpc) is 2.85. The number of para-hydroxylation sites is 2. The highest BCUT2D eigenvalue weighted by atomic mass is 32.2. The van der Waals surface area contributed by atoms with Crippen LogP contribution in [0.2, 0.25) is 0 Å². The van der Waals surface area contributed by atoms with Gasteiger partial charge in [0, 0.05) is 13.2 Å². The Kier molecular flexibility index (Phi) is 3.91. The Morgan fingerprint density at radius 3 is 2.85 bits per heavy atom. The van der Waals surface area contributed by atoms with Crippen molar-refractivity contribution in [3.63, 3.8) is 0 Å². The zero-order valence-corrected chi connectivity index (χ0v) is 11.5. The van der Waals surface area contributed by atoms with E-state index in [4.69, 9.17) is 10.00 Å². The number of hydrogen-bond donors (Lipinski definition) is 1. The van der Waals surface area contributed by atoms with E-state index >= 15 is 0 Å². The fraction of sp³-hybridized carbons (Fsp3) is 0.167. The quantitative estimate of drug-likeness (QED) is 0.890. The molecule has 0 atom stereocenters. The summed E-state index contributed by atoms with van der Waals surface area (Å²) in [6.45, 7) is -0.161. The van der Waals surface area contributed by atoms with Crippen molar-refractivity contribution in [3.05, 3.63) is 36.7 Å². The Bertz CT molecular complexity index is 746. The van der Waals surface area contributed by atoms with Crippen molar-refractivity contribution in [2.75, 3.05) is 11.3 Å². The van der Waals surface area contributed by atoms with E-state index in [0.29, 0.717) is 5.75 Å². The number of aromatic nitrogens is 2. The standard InChI is InChI=1S/C12H12N4O3S/c1-16-9-10(8-14-16)20(17,18)15-11-4-2-3-5-12(11)19-7-6-13/h2-5,8-9,15H,7H2,1H3. The number of benzene rings is 1. The molecule has 8 heteroatoms. The van der Waals surface area contributed by atoms with Crippen molar-refractivity contribution in [1.29, 1.82) is 5.26 Å². The van der Waals surface area contributed by atoms with Gasteiger partial charge in [-0.1, -0.05) is 12.1 Å². The van der Waals surface area contributed by atoms with Gasteiger partial charge in [0.05, 0.1) is 11.9 Å². The minimum atomic E-state index is -3.74. The monoisotopic (exact) mass is 292 g/mol. The lowest BCUT2D eigenvalue weighted by molar-refractivity contribution is 0.370. The van der Waals surface area contributed by atoms with E-state index in [9.17, 15) is 8.42 Å². The lowest BCUT2D eigenvalue weighted by atomic mass is 10.3. The van der Waals surface area contributed by atoms with Crippen LogP contribution in [-0.2, 0) is 17.1 Å². The summed E-state index contributed by atoms with van der Waals surface area (Å²) in [5.41, 5.74) is 0.270. The minimum absolute atomic E-state index is 0.0510. The van der Waals surface area contributed by atoms with E-state index in [1.807, 2.05) is 6.07 Å². The van der Waals surface area contributed by atoms with Gasteiger partial charge in [-0.2, -0.15) is 10.4 Å². The molecule has 0 aliphatic carbocycles. The van der Waals surface area contributed by atoms with Gasteiger partial charge in [0.2, 0.25) is 0 Å². The topological polar surface area (TPSA) is 97.0 Å². The van der Waals surface area contributed by atoms with E-state index in [0.717, 1.165) is 0 Å². The molecule has 0 saturated heterocycles. The highest BCUT2D eigenvalue weighted by molar-refractivity contribution is 7.92. The van der Waals surface area contributed by atoms with Gasteiger partial charge >= 0.3 is 0 Å². The lowest BCUT2D eigenvalue weighted by Gasteiger charge is -2.11. The Morgan fingerprint density at radius 2 is 2.20 bits per heavy atom. The third-order valence-corrected chi connectivity index (χ3v) is 3.74. The maximum absolute atomic E-state index is 12.2. The van der Waals surface area contributed by atoms with Crippen LogP contribution in [0.4, 0.5) is 5.69 Å². The number of nitrogens with zero attached hydrogens (tertiary/aromatic N) is 3. The SMILES string of the molecule is Cn1cc(S(=O)(=O)Nc2ccccc2OCC#N)cn1. The summed E-state index contributed by atoms with van der Waals surface area (Å²) in [6, 6.07) is 8.32. The van der Waals surface area contributed by atoms with Crippen LogP contribution in [0.15, 0.2) is 41.6 Å². The molecule has 0 radical (unpaired) electrons. The molecule has 104 valence electrons. The molecule has 0 saturated carbocycles. The molecule has 0 unspecified atom stereocenters. The van der Waals surface area contributed by atoms with Gasteiger partial charge in [-0.3, -0.25) is 9.40 Å². The molecular weight excluding hydrogens is 280 g/mol. The van der Waals surface area contributed by atoms with Gasteiger partial charge in [0.1, 0.15) is 16.7 Å². The number of nitriles is 1. The van der Waals surface area contributed by atoms with Gasteiger partial charge in [0.15, 0.2) is 6.61 Å². The second kappa shape index (κ2) is 5.63. The molecule has 0 aliphatic rings. The molecule has 1 N–H and O–H groups in total. The Labute approximate surface area is 116 Å². The fourth-order valence-corrected chi connectivity index (χ4v) is 2.58. The zero-order chi connectivity index (χ0) is 14.6. The molecule has 2 rings (SSSR count). The third kappa shape index (κ3) is 3.07. The molecule has 1 heterocycles. The van der Waals surface area contributed by atoms with E-state index < -0.39 is 10.0 Å². The van der Waals surface area contributed by atoms with Crippen molar-refractivity contribution >= 4 is 15.7 Å². The predicted molar refractivity (Wildman–Crippen MR) is 71.6 cm³/mol. The average molecular weight is 292 g/mol. The smallest absolute Gasteiger partial charge is 0.265 e. The summed E-state index contributed by atoms with van der Waals surface area (Å²) in [4.78, 5) is 0.0510. The van der Waals surface area contributed by atoms with Crippen LogP contribution in [0, 0.1) is 11.3 Å². The van der Waals surface area contributed by atoms with E-state index in [1.165, 1.54) is 17.1 Å². The van der Waals surface area contributed by atoms with Crippen molar-refractivity contribution < 1.29 is 13.2 Å². The van der Waals surface area contributed by atoms with Crippen LogP contribution < -0.4 is 9.46 Å². The summed E-state index contributed by atoms with van der Waals surface area (Å²) in [5.74, 6) is 0.293. The molecule has 0 aliphatic heterocycles. The lowest BCUT2D eigenvalue weighted by Crippen LogP contribution is -2.13. The summed E-state index contributed by atoms with van der Waals surface area (Å²) in [7, 11) is -2.11. The normalized spacial score (nSPS) is 10.8. The van der Waals surface area contributed by atoms with Crippen LogP contribution in [0.25, 0.3) is 0 Å². The second-order valence-electron chi connectivity index (χ2n) is 3.90. The number of anilines is 1. The van der Waals surface area contributed by atoms with Crippen LogP contribution >= 0.6 is 0 Å². The van der Waals surface area contributed by atoms with Gasteiger partial charge in [0.25, 0.3) is 10.0 Å². The first-order chi connectivity index (χ1) is 9.53. The first kappa shape index (κ1) is 13.9. The van der Waals surface area contributed by atoms with Crippen molar-refractivity contribution in [1.82, 2.24) is 9.78 Å². The maximum atomic E-state index is 12.2.